The molecule has 0 aromatic rings. The van der Waals surface area contributed by atoms with Gasteiger partial charge in [-0.15, -0.1) is 12.4 Å². The topological polar surface area (TPSA) is 41.6 Å². The Morgan fingerprint density at radius 3 is 2.33 bits per heavy atom. The van der Waals surface area contributed by atoms with Crippen molar-refractivity contribution in [3.63, 3.8) is 0 Å². The molecular weight excluding hydrogens is 273 g/mol. The van der Waals surface area contributed by atoms with Gasteiger partial charge in [-0.25, -0.2) is 0 Å². The fraction of sp³-hybridized carbons (Fsp3) is 0.900. The van der Waals surface area contributed by atoms with Gasteiger partial charge in [0.2, 0.25) is 5.91 Å². The third-order valence-corrected chi connectivity index (χ3v) is 3.23. The van der Waals surface area contributed by atoms with Gasteiger partial charge in [0, 0.05) is 26.2 Å². The van der Waals surface area contributed by atoms with Gasteiger partial charge in [0.15, 0.2) is 0 Å². The fourth-order valence-corrected chi connectivity index (χ4v) is 2.40. The molecule has 0 bridgehead atoms. The second-order valence-corrected chi connectivity index (χ2v) is 4.59. The molecule has 0 aliphatic carbocycles. The van der Waals surface area contributed by atoms with Crippen molar-refractivity contribution >= 4 is 18.3 Å². The Bertz CT molecular complexity index is 289. The van der Waals surface area contributed by atoms with Crippen molar-refractivity contribution in [1.29, 1.82) is 0 Å². The maximum atomic E-state index is 11.8. The standard InChI is InChI=1S/C10H15F3N2O2.ClH/c11-10(12,13)6-17-5-9(16)15-3-7-1-14-2-8(7)4-15;/h7-8,14H,1-6H2;1H/t7-,8+;. The molecule has 0 saturated carbocycles. The van der Waals surface area contributed by atoms with Crippen LogP contribution in [-0.2, 0) is 9.53 Å². The van der Waals surface area contributed by atoms with Crippen LogP contribution in [0.5, 0.6) is 0 Å². The second-order valence-electron chi connectivity index (χ2n) is 4.59. The summed E-state index contributed by atoms with van der Waals surface area (Å²) < 4.78 is 39.8. The molecule has 2 heterocycles. The van der Waals surface area contributed by atoms with E-state index in [1.807, 2.05) is 0 Å². The summed E-state index contributed by atoms with van der Waals surface area (Å²) >= 11 is 0. The molecule has 8 heteroatoms. The number of alkyl halides is 3. The Morgan fingerprint density at radius 1 is 1.28 bits per heavy atom. The molecule has 0 spiro atoms. The highest BCUT2D eigenvalue weighted by atomic mass is 35.5. The quantitative estimate of drug-likeness (QED) is 0.830. The molecule has 1 N–H and O–H groups in total. The minimum absolute atomic E-state index is 0. The molecule has 18 heavy (non-hydrogen) atoms. The number of carbonyl (C=O) groups excluding carboxylic acids is 1. The van der Waals surface area contributed by atoms with Gasteiger partial charge in [-0.2, -0.15) is 13.2 Å². The van der Waals surface area contributed by atoms with Crippen LogP contribution >= 0.6 is 12.4 Å². The SMILES string of the molecule is Cl.O=C(COCC(F)(F)F)N1C[C@H]2CNC[C@H]2C1. The van der Waals surface area contributed by atoms with E-state index in [1.54, 1.807) is 4.90 Å². The zero-order valence-corrected chi connectivity index (χ0v) is 10.5. The van der Waals surface area contributed by atoms with Crippen LogP contribution in [0.4, 0.5) is 13.2 Å². The number of ether oxygens (including phenoxy) is 1. The van der Waals surface area contributed by atoms with Crippen molar-refractivity contribution in [3.8, 4) is 0 Å². The highest BCUT2D eigenvalue weighted by Gasteiger charge is 2.38. The Labute approximate surface area is 109 Å². The summed E-state index contributed by atoms with van der Waals surface area (Å²) in [4.78, 5) is 13.2. The summed E-state index contributed by atoms with van der Waals surface area (Å²) in [6, 6.07) is 0. The number of rotatable bonds is 3. The summed E-state index contributed by atoms with van der Waals surface area (Å²) in [5, 5.41) is 3.23. The molecule has 4 nitrogen and oxygen atoms in total. The van der Waals surface area contributed by atoms with Gasteiger partial charge in [0.25, 0.3) is 0 Å². The fourth-order valence-electron chi connectivity index (χ4n) is 2.40. The molecule has 2 rings (SSSR count). The molecule has 1 amide bonds. The lowest BCUT2D eigenvalue weighted by atomic mass is 10.0. The van der Waals surface area contributed by atoms with Gasteiger partial charge in [-0.3, -0.25) is 4.79 Å². The monoisotopic (exact) mass is 288 g/mol. The van der Waals surface area contributed by atoms with Crippen molar-refractivity contribution in [1.82, 2.24) is 10.2 Å². The Hall–Kier alpha value is -0.530. The molecule has 2 atom stereocenters. The van der Waals surface area contributed by atoms with E-state index in [-0.39, 0.29) is 18.3 Å². The van der Waals surface area contributed by atoms with E-state index in [0.717, 1.165) is 13.1 Å². The first-order chi connectivity index (χ1) is 7.96. The number of carbonyl (C=O) groups is 1. The van der Waals surface area contributed by atoms with Crippen LogP contribution in [0.25, 0.3) is 0 Å². The molecule has 0 aromatic heterocycles. The Morgan fingerprint density at radius 2 is 1.83 bits per heavy atom. The normalized spacial score (nSPS) is 26.9. The highest BCUT2D eigenvalue weighted by Crippen LogP contribution is 2.26. The first-order valence-corrected chi connectivity index (χ1v) is 5.59. The zero-order chi connectivity index (χ0) is 12.5. The van der Waals surface area contributed by atoms with E-state index in [0.29, 0.717) is 24.9 Å². The van der Waals surface area contributed by atoms with Gasteiger partial charge < -0.3 is 15.0 Å². The summed E-state index contributed by atoms with van der Waals surface area (Å²) in [5.41, 5.74) is 0. The number of halogens is 4. The Kier molecular flexibility index (Phi) is 5.24. The number of hydrogen-bond donors (Lipinski definition) is 1. The highest BCUT2D eigenvalue weighted by molar-refractivity contribution is 5.85. The van der Waals surface area contributed by atoms with Gasteiger partial charge in [-0.05, 0) is 11.8 Å². The molecule has 2 aliphatic heterocycles. The van der Waals surface area contributed by atoms with E-state index >= 15 is 0 Å². The number of fused-ring (bicyclic) bond motifs is 1. The van der Waals surface area contributed by atoms with Crippen molar-refractivity contribution < 1.29 is 22.7 Å². The zero-order valence-electron chi connectivity index (χ0n) is 9.70. The van der Waals surface area contributed by atoms with E-state index < -0.39 is 19.4 Å². The molecule has 0 unspecified atom stereocenters. The lowest BCUT2D eigenvalue weighted by Gasteiger charge is -2.17. The average molecular weight is 289 g/mol. The summed E-state index contributed by atoms with van der Waals surface area (Å²) in [5.74, 6) is 0.548. The second kappa shape index (κ2) is 6.08. The third-order valence-electron chi connectivity index (χ3n) is 3.23. The molecule has 2 saturated heterocycles. The van der Waals surface area contributed by atoms with Gasteiger partial charge in [0.05, 0.1) is 0 Å². The van der Waals surface area contributed by atoms with E-state index in [4.69, 9.17) is 0 Å². The molecule has 106 valence electrons. The molecule has 0 aromatic carbocycles. The van der Waals surface area contributed by atoms with Gasteiger partial charge in [-0.1, -0.05) is 0 Å². The van der Waals surface area contributed by atoms with Crippen LogP contribution in [-0.4, -0.2) is 56.4 Å². The van der Waals surface area contributed by atoms with E-state index in [9.17, 15) is 18.0 Å². The van der Waals surface area contributed by atoms with Gasteiger partial charge in [0.1, 0.15) is 13.2 Å². The minimum atomic E-state index is -4.37. The average Bonchev–Trinajstić information content (AvgIpc) is 2.73. The smallest absolute Gasteiger partial charge is 0.362 e. The predicted molar refractivity (Wildman–Crippen MR) is 60.6 cm³/mol. The third kappa shape index (κ3) is 4.00. The summed E-state index contributed by atoms with van der Waals surface area (Å²) in [6.45, 7) is 1.20. The maximum Gasteiger partial charge on any atom is 0.411 e. The number of hydrogen-bond acceptors (Lipinski definition) is 3. The van der Waals surface area contributed by atoms with Crippen LogP contribution in [0.15, 0.2) is 0 Å². The molecular formula is C10H16ClF3N2O2. The summed E-state index contributed by atoms with van der Waals surface area (Å²) in [7, 11) is 0. The van der Waals surface area contributed by atoms with Crippen molar-refractivity contribution in [2.24, 2.45) is 11.8 Å². The number of nitrogens with zero attached hydrogens (tertiary/aromatic N) is 1. The number of nitrogens with one attached hydrogen (secondary N) is 1. The van der Waals surface area contributed by atoms with Crippen molar-refractivity contribution in [3.05, 3.63) is 0 Å². The predicted octanol–water partition coefficient (Wildman–Crippen LogP) is 0.665. The van der Waals surface area contributed by atoms with Crippen LogP contribution in [0.1, 0.15) is 0 Å². The van der Waals surface area contributed by atoms with Crippen LogP contribution < -0.4 is 5.32 Å². The first-order valence-electron chi connectivity index (χ1n) is 5.59. The van der Waals surface area contributed by atoms with Crippen LogP contribution in [0, 0.1) is 11.8 Å². The van der Waals surface area contributed by atoms with Crippen molar-refractivity contribution in [2.45, 2.75) is 6.18 Å². The number of likely N-dealkylation sites (tertiary alicyclic amines) is 1. The summed E-state index contributed by atoms with van der Waals surface area (Å²) in [6.07, 6.45) is -4.37. The van der Waals surface area contributed by atoms with Crippen molar-refractivity contribution in [2.75, 3.05) is 39.4 Å². The first kappa shape index (κ1) is 15.5. The van der Waals surface area contributed by atoms with Crippen LogP contribution in [0.2, 0.25) is 0 Å². The van der Waals surface area contributed by atoms with E-state index in [2.05, 4.69) is 10.1 Å². The molecule has 2 aliphatic rings. The van der Waals surface area contributed by atoms with E-state index in [1.165, 1.54) is 0 Å². The molecule has 0 radical (unpaired) electrons. The lowest BCUT2D eigenvalue weighted by Crippen LogP contribution is -2.35. The Balaban J connectivity index is 0.00000162. The molecule has 2 fully saturated rings. The largest absolute Gasteiger partial charge is 0.411 e. The van der Waals surface area contributed by atoms with Gasteiger partial charge >= 0.3 is 6.18 Å². The maximum absolute atomic E-state index is 11.8. The lowest BCUT2D eigenvalue weighted by molar-refractivity contribution is -0.177. The minimum Gasteiger partial charge on any atom is -0.362 e. The number of amides is 1. The van der Waals surface area contributed by atoms with Crippen LogP contribution in [0.3, 0.4) is 0 Å².